The van der Waals surface area contributed by atoms with Crippen LogP contribution >= 0.6 is 0 Å². The van der Waals surface area contributed by atoms with E-state index in [1.807, 2.05) is 31.2 Å². The summed E-state index contributed by atoms with van der Waals surface area (Å²) in [4.78, 5) is 21.4. The Kier molecular flexibility index (Phi) is 3.08. The van der Waals surface area contributed by atoms with Gasteiger partial charge in [0.2, 0.25) is 6.04 Å². The number of aryl methyl sites for hydroxylation is 1. The minimum absolute atomic E-state index is 0.181. The lowest BCUT2D eigenvalue weighted by molar-refractivity contribution is -0.497. The molecule has 1 aromatic rings. The summed E-state index contributed by atoms with van der Waals surface area (Å²) in [5, 5.41) is 10.4. The number of carbonyl (C=O) groups is 1. The van der Waals surface area contributed by atoms with Gasteiger partial charge in [0.1, 0.15) is 12.5 Å². The molecule has 2 rings (SSSR count). The second-order valence-corrected chi connectivity index (χ2v) is 4.29. The van der Waals surface area contributed by atoms with Gasteiger partial charge in [-0.15, -0.1) is 0 Å². The van der Waals surface area contributed by atoms with E-state index < -0.39 is 22.9 Å². The van der Waals surface area contributed by atoms with Crippen molar-refractivity contribution in [1.29, 1.82) is 0 Å². The minimum atomic E-state index is -0.736. The molecule has 1 aromatic carbocycles. The molecule has 0 bridgehead atoms. The molecule has 0 N–H and O–H groups in total. The highest BCUT2D eigenvalue weighted by atomic mass is 16.6. The first-order valence-electron chi connectivity index (χ1n) is 5.43. The van der Waals surface area contributed by atoms with E-state index in [1.54, 1.807) is 0 Å². The van der Waals surface area contributed by atoms with Crippen LogP contribution in [0.5, 0.6) is 0 Å². The van der Waals surface area contributed by atoms with Gasteiger partial charge in [0.25, 0.3) is 0 Å². The molecule has 1 aliphatic rings. The molecule has 1 fully saturated rings. The highest BCUT2D eigenvalue weighted by Crippen LogP contribution is 2.34. The zero-order valence-electron chi connectivity index (χ0n) is 9.46. The summed E-state index contributed by atoms with van der Waals surface area (Å²) in [6.07, 6.45) is 0.305. The zero-order valence-corrected chi connectivity index (χ0v) is 9.46. The molecule has 5 nitrogen and oxygen atoms in total. The van der Waals surface area contributed by atoms with Crippen LogP contribution < -0.4 is 0 Å². The van der Waals surface area contributed by atoms with E-state index in [1.165, 1.54) is 0 Å². The SMILES string of the molecule is Cc1ccc(COC(=O)C2CC2[N+](=O)[O-])cc1. The molecular weight excluding hydrogens is 222 g/mol. The van der Waals surface area contributed by atoms with Crippen molar-refractivity contribution in [3.63, 3.8) is 0 Å². The van der Waals surface area contributed by atoms with Crippen LogP contribution in [-0.2, 0) is 16.1 Å². The summed E-state index contributed by atoms with van der Waals surface area (Å²) in [6.45, 7) is 2.15. The molecule has 2 unspecified atom stereocenters. The quantitative estimate of drug-likeness (QED) is 0.452. The van der Waals surface area contributed by atoms with Crippen LogP contribution in [0.3, 0.4) is 0 Å². The standard InChI is InChI=1S/C12H13NO4/c1-8-2-4-9(5-3-8)7-17-12(14)10-6-11(10)13(15)16/h2-5,10-11H,6-7H2,1H3. The fraction of sp³-hybridized carbons (Fsp3) is 0.417. The molecule has 0 amide bonds. The van der Waals surface area contributed by atoms with Gasteiger partial charge in [-0.1, -0.05) is 29.8 Å². The molecule has 1 saturated carbocycles. The summed E-state index contributed by atoms with van der Waals surface area (Å²) in [5.41, 5.74) is 2.03. The Morgan fingerprint density at radius 2 is 2.12 bits per heavy atom. The molecule has 0 saturated heterocycles. The van der Waals surface area contributed by atoms with Crippen LogP contribution in [0.2, 0.25) is 0 Å². The van der Waals surface area contributed by atoms with Crippen molar-refractivity contribution >= 4 is 5.97 Å². The van der Waals surface area contributed by atoms with Crippen molar-refractivity contribution in [2.45, 2.75) is 26.0 Å². The summed E-state index contributed by atoms with van der Waals surface area (Å²) in [5.74, 6) is -1.01. The van der Waals surface area contributed by atoms with Crippen molar-refractivity contribution in [3.8, 4) is 0 Å². The number of hydrogen-bond donors (Lipinski definition) is 0. The number of rotatable bonds is 4. The van der Waals surface area contributed by atoms with E-state index in [0.29, 0.717) is 6.42 Å². The van der Waals surface area contributed by atoms with E-state index in [0.717, 1.165) is 11.1 Å². The maximum atomic E-state index is 11.4. The average Bonchev–Trinajstić information content (AvgIpc) is 3.08. The van der Waals surface area contributed by atoms with Crippen LogP contribution in [0.25, 0.3) is 0 Å². The second-order valence-electron chi connectivity index (χ2n) is 4.29. The van der Waals surface area contributed by atoms with Gasteiger partial charge in [0, 0.05) is 11.3 Å². The second kappa shape index (κ2) is 4.53. The maximum absolute atomic E-state index is 11.4. The number of nitro groups is 1. The first-order valence-corrected chi connectivity index (χ1v) is 5.43. The molecular formula is C12H13NO4. The van der Waals surface area contributed by atoms with Crippen molar-refractivity contribution in [1.82, 2.24) is 0 Å². The topological polar surface area (TPSA) is 69.4 Å². The molecule has 2 atom stereocenters. The lowest BCUT2D eigenvalue weighted by Gasteiger charge is -2.03. The van der Waals surface area contributed by atoms with Gasteiger partial charge in [-0.05, 0) is 12.5 Å². The third kappa shape index (κ3) is 2.81. The average molecular weight is 235 g/mol. The number of nitrogens with zero attached hydrogens (tertiary/aromatic N) is 1. The first kappa shape index (κ1) is 11.6. The van der Waals surface area contributed by atoms with Crippen molar-refractivity contribution in [2.75, 3.05) is 0 Å². The van der Waals surface area contributed by atoms with Gasteiger partial charge < -0.3 is 4.74 Å². The van der Waals surface area contributed by atoms with E-state index in [-0.39, 0.29) is 6.61 Å². The lowest BCUT2D eigenvalue weighted by Crippen LogP contribution is -2.13. The minimum Gasteiger partial charge on any atom is -0.460 e. The van der Waals surface area contributed by atoms with Gasteiger partial charge in [-0.3, -0.25) is 14.9 Å². The molecule has 0 aromatic heterocycles. The van der Waals surface area contributed by atoms with Crippen molar-refractivity contribution in [2.24, 2.45) is 5.92 Å². The highest BCUT2D eigenvalue weighted by molar-refractivity contribution is 5.76. The Labute approximate surface area is 98.5 Å². The Hall–Kier alpha value is -1.91. The predicted octanol–water partition coefficient (Wildman–Crippen LogP) is 1.70. The molecule has 0 spiro atoms. The van der Waals surface area contributed by atoms with Crippen LogP contribution in [0.4, 0.5) is 0 Å². The first-order chi connectivity index (χ1) is 8.08. The smallest absolute Gasteiger partial charge is 0.316 e. The Morgan fingerprint density at radius 3 is 2.65 bits per heavy atom. The van der Waals surface area contributed by atoms with Crippen LogP contribution in [0.15, 0.2) is 24.3 Å². The molecule has 5 heteroatoms. The number of ether oxygens (including phenoxy) is 1. The van der Waals surface area contributed by atoms with E-state index in [2.05, 4.69) is 0 Å². The van der Waals surface area contributed by atoms with E-state index >= 15 is 0 Å². The van der Waals surface area contributed by atoms with Crippen LogP contribution in [-0.4, -0.2) is 16.9 Å². The maximum Gasteiger partial charge on any atom is 0.316 e. The number of esters is 1. The molecule has 17 heavy (non-hydrogen) atoms. The fourth-order valence-corrected chi connectivity index (χ4v) is 1.61. The summed E-state index contributed by atoms with van der Waals surface area (Å²) in [6, 6.07) is 6.88. The number of benzene rings is 1. The number of carbonyl (C=O) groups excluding carboxylic acids is 1. The van der Waals surface area contributed by atoms with Gasteiger partial charge >= 0.3 is 5.97 Å². The Bertz CT molecular complexity index is 440. The largest absolute Gasteiger partial charge is 0.460 e. The van der Waals surface area contributed by atoms with Crippen molar-refractivity contribution < 1.29 is 14.5 Å². The third-order valence-corrected chi connectivity index (χ3v) is 2.83. The Morgan fingerprint density at radius 1 is 1.47 bits per heavy atom. The monoisotopic (exact) mass is 235 g/mol. The molecule has 0 radical (unpaired) electrons. The van der Waals surface area contributed by atoms with Crippen LogP contribution in [0.1, 0.15) is 17.5 Å². The third-order valence-electron chi connectivity index (χ3n) is 2.83. The lowest BCUT2D eigenvalue weighted by atomic mass is 10.2. The van der Waals surface area contributed by atoms with Crippen molar-refractivity contribution in [3.05, 3.63) is 45.5 Å². The predicted molar refractivity (Wildman–Crippen MR) is 59.9 cm³/mol. The van der Waals surface area contributed by atoms with E-state index in [4.69, 9.17) is 4.74 Å². The van der Waals surface area contributed by atoms with Gasteiger partial charge in [-0.2, -0.15) is 0 Å². The molecule has 0 aliphatic heterocycles. The molecule has 1 aliphatic carbocycles. The van der Waals surface area contributed by atoms with Gasteiger partial charge in [-0.25, -0.2) is 0 Å². The normalized spacial score (nSPS) is 21.9. The summed E-state index contributed by atoms with van der Waals surface area (Å²) >= 11 is 0. The van der Waals surface area contributed by atoms with E-state index in [9.17, 15) is 14.9 Å². The summed E-state index contributed by atoms with van der Waals surface area (Å²) < 4.78 is 5.03. The molecule has 0 heterocycles. The van der Waals surface area contributed by atoms with Gasteiger partial charge in [0.05, 0.1) is 0 Å². The Balaban J connectivity index is 1.81. The highest BCUT2D eigenvalue weighted by Gasteiger charge is 2.54. The number of hydrogen-bond acceptors (Lipinski definition) is 4. The molecule has 90 valence electrons. The van der Waals surface area contributed by atoms with Gasteiger partial charge in [0.15, 0.2) is 0 Å². The zero-order chi connectivity index (χ0) is 12.4. The van der Waals surface area contributed by atoms with Crippen LogP contribution in [0, 0.1) is 23.0 Å². The fourth-order valence-electron chi connectivity index (χ4n) is 1.61. The summed E-state index contributed by atoms with van der Waals surface area (Å²) in [7, 11) is 0.